The van der Waals surface area contributed by atoms with E-state index in [9.17, 15) is 4.79 Å². The number of aliphatic carboxylic acids is 1. The fourth-order valence-corrected chi connectivity index (χ4v) is 1.50. The van der Waals surface area contributed by atoms with Gasteiger partial charge in [0, 0.05) is 6.54 Å². The van der Waals surface area contributed by atoms with Gasteiger partial charge in [-0.05, 0) is 12.0 Å². The molecule has 0 saturated carbocycles. The Labute approximate surface area is 89.3 Å². The summed E-state index contributed by atoms with van der Waals surface area (Å²) in [5, 5.41) is 10.5. The summed E-state index contributed by atoms with van der Waals surface area (Å²) in [5.74, 6) is 4.79. The minimum Gasteiger partial charge on any atom is -0.480 e. The van der Waals surface area contributed by atoms with E-state index in [-0.39, 0.29) is 0 Å². The van der Waals surface area contributed by atoms with Crippen molar-refractivity contribution in [2.45, 2.75) is 19.4 Å². The molecule has 1 aromatic rings. The molecule has 3 N–H and O–H groups in total. The van der Waals surface area contributed by atoms with Crippen molar-refractivity contribution in [1.29, 1.82) is 0 Å². The van der Waals surface area contributed by atoms with Crippen LogP contribution in [0.5, 0.6) is 0 Å². The summed E-state index contributed by atoms with van der Waals surface area (Å²) < 4.78 is 0. The van der Waals surface area contributed by atoms with Gasteiger partial charge in [-0.15, -0.1) is 0 Å². The number of nitrogens with two attached hydrogens (primary N) is 1. The Balaban J connectivity index is 2.88. The van der Waals surface area contributed by atoms with Crippen LogP contribution in [0.1, 0.15) is 24.9 Å². The molecule has 1 aromatic carbocycles. The molecule has 0 amide bonds. The molecule has 0 saturated heterocycles. The van der Waals surface area contributed by atoms with E-state index in [1.165, 1.54) is 5.01 Å². The number of rotatable bonds is 5. The molecule has 4 nitrogen and oxygen atoms in total. The molecule has 0 aromatic heterocycles. The second kappa shape index (κ2) is 5.48. The fraction of sp³-hybridized carbons (Fsp3) is 0.364. The number of hydrogen-bond donors (Lipinski definition) is 2. The van der Waals surface area contributed by atoms with E-state index in [0.717, 1.165) is 6.42 Å². The first-order valence-electron chi connectivity index (χ1n) is 4.96. The van der Waals surface area contributed by atoms with Gasteiger partial charge in [-0.1, -0.05) is 37.3 Å². The lowest BCUT2D eigenvalue weighted by atomic mass is 10.1. The molecular formula is C11H16N2O2. The lowest BCUT2D eigenvalue weighted by Crippen LogP contribution is -2.40. The highest BCUT2D eigenvalue weighted by atomic mass is 16.4. The van der Waals surface area contributed by atoms with E-state index < -0.39 is 12.0 Å². The minimum atomic E-state index is -0.919. The Bertz CT molecular complexity index is 314. The Morgan fingerprint density at radius 3 is 2.53 bits per heavy atom. The molecule has 0 aliphatic rings. The normalized spacial score (nSPS) is 12.7. The maximum atomic E-state index is 11.1. The highest BCUT2D eigenvalue weighted by Crippen LogP contribution is 2.17. The monoisotopic (exact) mass is 208 g/mol. The van der Waals surface area contributed by atoms with Crippen LogP contribution in [0.15, 0.2) is 30.3 Å². The van der Waals surface area contributed by atoms with Crippen LogP contribution in [-0.2, 0) is 4.79 Å². The van der Waals surface area contributed by atoms with Gasteiger partial charge in [0.25, 0.3) is 0 Å². The third kappa shape index (κ3) is 3.04. The average Bonchev–Trinajstić information content (AvgIpc) is 2.19. The van der Waals surface area contributed by atoms with Crippen LogP contribution in [0.3, 0.4) is 0 Å². The van der Waals surface area contributed by atoms with Crippen molar-refractivity contribution in [3.63, 3.8) is 0 Å². The summed E-state index contributed by atoms with van der Waals surface area (Å²) >= 11 is 0. The van der Waals surface area contributed by atoms with Crippen LogP contribution >= 0.6 is 0 Å². The molecule has 82 valence electrons. The van der Waals surface area contributed by atoms with Gasteiger partial charge >= 0.3 is 5.97 Å². The summed E-state index contributed by atoms with van der Waals surface area (Å²) in [6, 6.07) is 8.26. The van der Waals surface area contributed by atoms with Gasteiger partial charge in [-0.3, -0.25) is 10.6 Å². The topological polar surface area (TPSA) is 66.6 Å². The van der Waals surface area contributed by atoms with Crippen molar-refractivity contribution < 1.29 is 9.90 Å². The molecule has 1 unspecified atom stereocenters. The van der Waals surface area contributed by atoms with Gasteiger partial charge in [0.1, 0.15) is 6.04 Å². The Hall–Kier alpha value is -1.39. The molecule has 0 heterocycles. The van der Waals surface area contributed by atoms with Crippen molar-refractivity contribution in [3.05, 3.63) is 35.9 Å². The first-order valence-corrected chi connectivity index (χ1v) is 4.96. The maximum absolute atomic E-state index is 11.1. The zero-order valence-corrected chi connectivity index (χ0v) is 8.76. The first-order chi connectivity index (χ1) is 7.16. The molecule has 15 heavy (non-hydrogen) atoms. The number of carbonyl (C=O) groups is 1. The van der Waals surface area contributed by atoms with Crippen LogP contribution in [-0.4, -0.2) is 22.6 Å². The number of carboxylic acids is 1. The highest BCUT2D eigenvalue weighted by Gasteiger charge is 2.24. The Morgan fingerprint density at radius 2 is 2.07 bits per heavy atom. The average molecular weight is 208 g/mol. The predicted molar refractivity (Wildman–Crippen MR) is 58.0 cm³/mol. The Morgan fingerprint density at radius 1 is 1.47 bits per heavy atom. The van der Waals surface area contributed by atoms with Gasteiger partial charge in [-0.25, -0.2) is 5.01 Å². The van der Waals surface area contributed by atoms with Crippen LogP contribution in [0.25, 0.3) is 0 Å². The van der Waals surface area contributed by atoms with Gasteiger partial charge < -0.3 is 5.11 Å². The predicted octanol–water partition coefficient (Wildman–Crippen LogP) is 1.40. The molecule has 1 rings (SSSR count). The third-order valence-corrected chi connectivity index (χ3v) is 2.16. The third-order valence-electron chi connectivity index (χ3n) is 2.16. The van der Waals surface area contributed by atoms with Crippen LogP contribution in [0.4, 0.5) is 0 Å². The fourth-order valence-electron chi connectivity index (χ4n) is 1.50. The summed E-state index contributed by atoms with van der Waals surface area (Å²) in [6.45, 7) is 2.52. The second-order valence-electron chi connectivity index (χ2n) is 3.39. The number of hydrazine groups is 1. The van der Waals surface area contributed by atoms with Gasteiger partial charge in [-0.2, -0.15) is 0 Å². The van der Waals surface area contributed by atoms with Crippen LogP contribution < -0.4 is 5.84 Å². The summed E-state index contributed by atoms with van der Waals surface area (Å²) in [6.07, 6.45) is 0.827. The van der Waals surface area contributed by atoms with E-state index in [1.807, 2.05) is 25.1 Å². The van der Waals surface area contributed by atoms with Crippen molar-refractivity contribution in [2.24, 2.45) is 5.84 Å². The summed E-state index contributed by atoms with van der Waals surface area (Å²) in [5.41, 5.74) is 0.709. The number of hydrogen-bond acceptors (Lipinski definition) is 3. The molecule has 0 aliphatic heterocycles. The number of nitrogens with zero attached hydrogens (tertiary/aromatic N) is 1. The van der Waals surface area contributed by atoms with E-state index in [0.29, 0.717) is 12.1 Å². The molecular weight excluding hydrogens is 192 g/mol. The van der Waals surface area contributed by atoms with Crippen molar-refractivity contribution in [1.82, 2.24) is 5.01 Å². The smallest absolute Gasteiger partial charge is 0.326 e. The molecule has 0 spiro atoms. The van der Waals surface area contributed by atoms with E-state index in [4.69, 9.17) is 10.9 Å². The summed E-state index contributed by atoms with van der Waals surface area (Å²) in [4.78, 5) is 11.1. The first kappa shape index (κ1) is 11.7. The van der Waals surface area contributed by atoms with Crippen LogP contribution in [0, 0.1) is 0 Å². The lowest BCUT2D eigenvalue weighted by molar-refractivity contribution is -0.143. The minimum absolute atomic E-state index is 0.561. The number of benzene rings is 1. The highest BCUT2D eigenvalue weighted by molar-refractivity contribution is 5.75. The SMILES string of the molecule is CCCN(N)C(C(=O)O)c1ccccc1. The largest absolute Gasteiger partial charge is 0.480 e. The Kier molecular flexibility index (Phi) is 4.27. The summed E-state index contributed by atoms with van der Waals surface area (Å²) in [7, 11) is 0. The second-order valence-corrected chi connectivity index (χ2v) is 3.39. The zero-order chi connectivity index (χ0) is 11.3. The van der Waals surface area contributed by atoms with Gasteiger partial charge in [0.05, 0.1) is 0 Å². The van der Waals surface area contributed by atoms with Crippen molar-refractivity contribution >= 4 is 5.97 Å². The van der Waals surface area contributed by atoms with Crippen LogP contribution in [0.2, 0.25) is 0 Å². The molecule has 0 bridgehead atoms. The quantitative estimate of drug-likeness (QED) is 0.567. The van der Waals surface area contributed by atoms with Crippen molar-refractivity contribution in [3.8, 4) is 0 Å². The lowest BCUT2D eigenvalue weighted by Gasteiger charge is -2.23. The molecule has 4 heteroatoms. The maximum Gasteiger partial charge on any atom is 0.326 e. The van der Waals surface area contributed by atoms with E-state index in [2.05, 4.69) is 0 Å². The van der Waals surface area contributed by atoms with Gasteiger partial charge in [0.2, 0.25) is 0 Å². The van der Waals surface area contributed by atoms with E-state index in [1.54, 1.807) is 12.1 Å². The molecule has 1 atom stereocenters. The van der Waals surface area contributed by atoms with Gasteiger partial charge in [0.15, 0.2) is 0 Å². The number of carboxylic acid groups (broad SMARTS) is 1. The van der Waals surface area contributed by atoms with Crippen molar-refractivity contribution in [2.75, 3.05) is 6.54 Å². The molecule has 0 aliphatic carbocycles. The zero-order valence-electron chi connectivity index (χ0n) is 8.76. The van der Waals surface area contributed by atoms with E-state index >= 15 is 0 Å². The molecule has 0 radical (unpaired) electrons. The standard InChI is InChI=1S/C11H16N2O2/c1-2-8-13(12)10(11(14)15)9-6-4-3-5-7-9/h3-7,10H,2,8,12H2,1H3,(H,14,15). The molecule has 0 fully saturated rings.